The molecule has 5 nitrogen and oxygen atoms in total. The zero-order chi connectivity index (χ0) is 20.9. The second-order valence-corrected chi connectivity index (χ2v) is 7.03. The third kappa shape index (κ3) is 5.07. The maximum absolute atomic E-state index is 13.1. The Kier molecular flexibility index (Phi) is 6.44. The summed E-state index contributed by atoms with van der Waals surface area (Å²) in [5.74, 6) is -0.151. The van der Waals surface area contributed by atoms with E-state index in [1.165, 1.54) is 18.2 Å². The minimum absolute atomic E-state index is 0.137. The number of anilines is 1. The molecule has 2 aromatic carbocycles. The molecule has 1 aliphatic heterocycles. The lowest BCUT2D eigenvalue weighted by atomic mass is 9.77. The minimum atomic E-state index is -4.59. The summed E-state index contributed by atoms with van der Waals surface area (Å²) in [5, 5.41) is 16.2. The Morgan fingerprint density at radius 3 is 2.31 bits per heavy atom. The van der Waals surface area contributed by atoms with E-state index in [0.29, 0.717) is 31.6 Å². The zero-order valence-corrected chi connectivity index (χ0v) is 15.7. The number of halogens is 3. The van der Waals surface area contributed by atoms with Gasteiger partial charge in [0, 0.05) is 13.2 Å². The summed E-state index contributed by atoms with van der Waals surface area (Å²) >= 11 is 0. The molecule has 1 fully saturated rings. The first-order valence-electron chi connectivity index (χ1n) is 9.37. The molecule has 2 aromatic rings. The van der Waals surface area contributed by atoms with Crippen LogP contribution in [0.4, 0.5) is 23.7 Å². The van der Waals surface area contributed by atoms with Crippen molar-refractivity contribution in [2.45, 2.75) is 24.6 Å². The van der Waals surface area contributed by atoms with E-state index in [-0.39, 0.29) is 18.2 Å². The molecule has 0 saturated carbocycles. The summed E-state index contributed by atoms with van der Waals surface area (Å²) in [5.41, 5.74) is -1.99. The molecule has 0 spiro atoms. The van der Waals surface area contributed by atoms with Crippen molar-refractivity contribution in [2.75, 3.05) is 25.1 Å². The summed E-state index contributed by atoms with van der Waals surface area (Å²) in [6, 6.07) is 12.9. The maximum atomic E-state index is 13.1. The zero-order valence-electron chi connectivity index (χ0n) is 15.7. The van der Waals surface area contributed by atoms with Gasteiger partial charge in [-0.3, -0.25) is 0 Å². The van der Waals surface area contributed by atoms with Crippen LogP contribution in [0.5, 0.6) is 0 Å². The molecule has 1 saturated heterocycles. The highest BCUT2D eigenvalue weighted by molar-refractivity contribution is 5.90. The van der Waals surface area contributed by atoms with Gasteiger partial charge in [-0.25, -0.2) is 4.79 Å². The molecule has 29 heavy (non-hydrogen) atoms. The fourth-order valence-corrected chi connectivity index (χ4v) is 3.60. The van der Waals surface area contributed by atoms with Crippen LogP contribution < -0.4 is 10.6 Å². The fraction of sp³-hybridized carbons (Fsp3) is 0.381. The van der Waals surface area contributed by atoms with Gasteiger partial charge in [0.2, 0.25) is 0 Å². The molecule has 8 heteroatoms. The van der Waals surface area contributed by atoms with Crippen molar-refractivity contribution in [3.63, 3.8) is 0 Å². The molecular formula is C21H23F3N2O3. The summed E-state index contributed by atoms with van der Waals surface area (Å²) < 4.78 is 44.7. The van der Waals surface area contributed by atoms with Crippen LogP contribution in [0.2, 0.25) is 0 Å². The molecule has 0 bridgehead atoms. The fourth-order valence-electron chi connectivity index (χ4n) is 3.60. The maximum Gasteiger partial charge on any atom is 0.418 e. The van der Waals surface area contributed by atoms with Gasteiger partial charge >= 0.3 is 12.2 Å². The number of aliphatic hydroxyl groups is 1. The molecule has 1 atom stereocenters. The van der Waals surface area contributed by atoms with Crippen LogP contribution in [0.25, 0.3) is 0 Å². The monoisotopic (exact) mass is 408 g/mol. The van der Waals surface area contributed by atoms with Crippen LogP contribution in [0.1, 0.15) is 24.0 Å². The normalized spacial score (nSPS) is 17.4. The first-order chi connectivity index (χ1) is 13.8. The van der Waals surface area contributed by atoms with Crippen molar-refractivity contribution in [1.82, 2.24) is 5.32 Å². The Balaban J connectivity index is 1.74. The number of alkyl halides is 3. The van der Waals surface area contributed by atoms with Gasteiger partial charge in [0.15, 0.2) is 0 Å². The molecule has 0 aliphatic carbocycles. The molecule has 0 radical (unpaired) electrons. The molecule has 3 N–H and O–H groups in total. The molecular weight excluding hydrogens is 385 g/mol. The van der Waals surface area contributed by atoms with E-state index in [2.05, 4.69) is 10.6 Å². The Hall–Kier alpha value is -2.58. The topological polar surface area (TPSA) is 70.6 Å². The van der Waals surface area contributed by atoms with Crippen molar-refractivity contribution >= 4 is 11.7 Å². The molecule has 1 unspecified atom stereocenters. The number of amides is 2. The van der Waals surface area contributed by atoms with E-state index >= 15 is 0 Å². The van der Waals surface area contributed by atoms with Crippen LogP contribution >= 0.6 is 0 Å². The lowest BCUT2D eigenvalue weighted by molar-refractivity contribution is -0.136. The number of urea groups is 1. The predicted octanol–water partition coefficient (Wildman–Crippen LogP) is 4.14. The highest BCUT2D eigenvalue weighted by Gasteiger charge is 2.40. The Morgan fingerprint density at radius 2 is 1.66 bits per heavy atom. The van der Waals surface area contributed by atoms with Gasteiger partial charge in [0.1, 0.15) is 5.60 Å². The highest BCUT2D eigenvalue weighted by atomic mass is 19.4. The SMILES string of the molecule is O=C(NCC(O)(c1ccccc1)C1CCOCC1)Nc1ccccc1C(F)(F)F. The van der Waals surface area contributed by atoms with E-state index in [0.717, 1.165) is 6.07 Å². The number of ether oxygens (including phenoxy) is 1. The van der Waals surface area contributed by atoms with Crippen molar-refractivity contribution < 1.29 is 27.8 Å². The van der Waals surface area contributed by atoms with Crippen LogP contribution in [-0.2, 0) is 16.5 Å². The largest absolute Gasteiger partial charge is 0.418 e. The highest BCUT2D eigenvalue weighted by Crippen LogP contribution is 2.36. The third-order valence-corrected chi connectivity index (χ3v) is 5.17. The molecule has 156 valence electrons. The van der Waals surface area contributed by atoms with Crippen molar-refractivity contribution in [3.05, 3.63) is 65.7 Å². The first kappa shape index (κ1) is 21.1. The first-order valence-corrected chi connectivity index (χ1v) is 9.37. The molecule has 1 heterocycles. The van der Waals surface area contributed by atoms with Gasteiger partial charge in [-0.1, -0.05) is 42.5 Å². The second kappa shape index (κ2) is 8.84. The summed E-state index contributed by atoms with van der Waals surface area (Å²) in [6.07, 6.45) is -3.35. The van der Waals surface area contributed by atoms with Gasteiger partial charge in [-0.2, -0.15) is 13.2 Å². The van der Waals surface area contributed by atoms with Gasteiger partial charge < -0.3 is 20.5 Å². The summed E-state index contributed by atoms with van der Waals surface area (Å²) in [4.78, 5) is 12.3. The number of para-hydroxylation sites is 1. The molecule has 2 amide bonds. The number of hydrogen-bond acceptors (Lipinski definition) is 3. The average Bonchev–Trinajstić information content (AvgIpc) is 2.73. The Labute approximate surface area is 166 Å². The Bertz CT molecular complexity index is 823. The van der Waals surface area contributed by atoms with E-state index < -0.39 is 23.4 Å². The second-order valence-electron chi connectivity index (χ2n) is 7.03. The van der Waals surface area contributed by atoms with E-state index in [9.17, 15) is 23.1 Å². The predicted molar refractivity (Wildman–Crippen MR) is 102 cm³/mol. The lowest BCUT2D eigenvalue weighted by Gasteiger charge is -2.39. The van der Waals surface area contributed by atoms with Crippen molar-refractivity contribution in [1.29, 1.82) is 0 Å². The molecule has 0 aromatic heterocycles. The number of carbonyl (C=O) groups excluding carboxylic acids is 1. The average molecular weight is 408 g/mol. The molecule has 1 aliphatic rings. The quantitative estimate of drug-likeness (QED) is 0.696. The van der Waals surface area contributed by atoms with E-state index in [1.54, 1.807) is 24.3 Å². The number of nitrogens with one attached hydrogen (secondary N) is 2. The van der Waals surface area contributed by atoms with Crippen molar-refractivity contribution in [3.8, 4) is 0 Å². The standard InChI is InChI=1S/C21H23F3N2O3/c22-21(23,24)17-8-4-5-9-18(17)26-19(27)25-14-20(28,15-6-2-1-3-7-15)16-10-12-29-13-11-16/h1-9,16,28H,10-14H2,(H2,25,26,27). The van der Waals surface area contributed by atoms with Crippen LogP contribution in [0.15, 0.2) is 54.6 Å². The van der Waals surface area contributed by atoms with Crippen LogP contribution in [0, 0.1) is 5.92 Å². The van der Waals surface area contributed by atoms with Crippen molar-refractivity contribution in [2.24, 2.45) is 5.92 Å². The molecule has 3 rings (SSSR count). The number of rotatable bonds is 5. The van der Waals surface area contributed by atoms with Crippen LogP contribution in [0.3, 0.4) is 0 Å². The third-order valence-electron chi connectivity index (χ3n) is 5.17. The van der Waals surface area contributed by atoms with E-state index in [4.69, 9.17) is 4.74 Å². The lowest BCUT2D eigenvalue weighted by Crippen LogP contribution is -2.48. The Morgan fingerprint density at radius 1 is 1.03 bits per heavy atom. The smallest absolute Gasteiger partial charge is 0.383 e. The summed E-state index contributed by atoms with van der Waals surface area (Å²) in [7, 11) is 0. The summed E-state index contributed by atoms with van der Waals surface area (Å²) in [6.45, 7) is 0.873. The number of carbonyl (C=O) groups is 1. The number of hydrogen-bond donors (Lipinski definition) is 3. The van der Waals surface area contributed by atoms with E-state index in [1.807, 2.05) is 6.07 Å². The van der Waals surface area contributed by atoms with Crippen LogP contribution in [-0.4, -0.2) is 30.9 Å². The van der Waals surface area contributed by atoms with Gasteiger partial charge in [0.25, 0.3) is 0 Å². The van der Waals surface area contributed by atoms with Gasteiger partial charge in [0.05, 0.1) is 17.8 Å². The number of benzene rings is 2. The van der Waals surface area contributed by atoms with Gasteiger partial charge in [-0.15, -0.1) is 0 Å². The van der Waals surface area contributed by atoms with Gasteiger partial charge in [-0.05, 0) is 36.5 Å². The minimum Gasteiger partial charge on any atom is -0.383 e.